The molecular formula is C19H23N2O3+. The normalized spacial score (nSPS) is 20.8. The topological polar surface area (TPSA) is 47.8 Å². The van der Waals surface area contributed by atoms with Gasteiger partial charge in [-0.25, -0.2) is 4.79 Å². The number of rotatable bonds is 4. The molecule has 0 aromatic carbocycles. The van der Waals surface area contributed by atoms with E-state index in [1.165, 1.54) is 0 Å². The Hall–Kier alpha value is -2.14. The number of quaternary nitrogens is 1. The van der Waals surface area contributed by atoms with Crippen LogP contribution >= 0.6 is 0 Å². The van der Waals surface area contributed by atoms with Gasteiger partial charge in [-0.3, -0.25) is 4.79 Å². The van der Waals surface area contributed by atoms with Crippen LogP contribution in [-0.4, -0.2) is 41.1 Å². The van der Waals surface area contributed by atoms with Gasteiger partial charge < -0.3 is 13.6 Å². The van der Waals surface area contributed by atoms with Gasteiger partial charge in [-0.05, 0) is 25.5 Å². The number of hydrogen-bond acceptors (Lipinski definition) is 3. The van der Waals surface area contributed by atoms with Gasteiger partial charge in [-0.15, -0.1) is 0 Å². The summed E-state index contributed by atoms with van der Waals surface area (Å²) in [6.07, 6.45) is 3.60. The molecule has 24 heavy (non-hydrogen) atoms. The molecule has 0 radical (unpaired) electrons. The molecule has 2 aliphatic rings. The standard InChI is InChI=1S/C19H23N2O3/c1-3-13-14-7-5-6-9-20(14)17(15-8-10-21(15)11-12-21)16(18(13)22)19(23)24-4-2/h5-7,9,15H,3-4,8,10-12H2,1-2H3/q+1. The van der Waals surface area contributed by atoms with Crippen molar-refractivity contribution in [3.05, 3.63) is 51.4 Å². The number of nitrogens with zero attached hydrogens (tertiary/aromatic N) is 2. The lowest BCUT2D eigenvalue weighted by molar-refractivity contribution is -0.880. The number of aromatic nitrogens is 1. The molecule has 5 heteroatoms. The molecule has 0 aliphatic carbocycles. The predicted octanol–water partition coefficient (Wildman–Crippen LogP) is 2.31. The van der Waals surface area contributed by atoms with Crippen LogP contribution in [0.25, 0.3) is 5.52 Å². The van der Waals surface area contributed by atoms with E-state index < -0.39 is 5.97 Å². The van der Waals surface area contributed by atoms with Crippen LogP contribution in [0.4, 0.5) is 0 Å². The molecule has 5 nitrogen and oxygen atoms in total. The molecule has 0 saturated carbocycles. The lowest BCUT2D eigenvalue weighted by Crippen LogP contribution is -2.46. The Morgan fingerprint density at radius 1 is 1.29 bits per heavy atom. The van der Waals surface area contributed by atoms with Crippen LogP contribution in [0.3, 0.4) is 0 Å². The van der Waals surface area contributed by atoms with Crippen LogP contribution in [0, 0.1) is 0 Å². The highest BCUT2D eigenvalue weighted by Crippen LogP contribution is 2.48. The van der Waals surface area contributed by atoms with Crippen molar-refractivity contribution in [1.29, 1.82) is 0 Å². The van der Waals surface area contributed by atoms with Gasteiger partial charge in [-0.2, -0.15) is 0 Å². The summed E-state index contributed by atoms with van der Waals surface area (Å²) in [5.74, 6) is -0.475. The summed E-state index contributed by atoms with van der Waals surface area (Å²) in [5.41, 5.74) is 2.57. The average molecular weight is 327 g/mol. The van der Waals surface area contributed by atoms with E-state index in [0.717, 1.165) is 41.7 Å². The van der Waals surface area contributed by atoms with Crippen LogP contribution in [0.15, 0.2) is 29.2 Å². The van der Waals surface area contributed by atoms with E-state index in [1.807, 2.05) is 31.3 Å². The van der Waals surface area contributed by atoms with E-state index >= 15 is 0 Å². The number of pyridine rings is 2. The quantitative estimate of drug-likeness (QED) is 0.492. The maximum absolute atomic E-state index is 13.1. The highest BCUT2D eigenvalue weighted by atomic mass is 16.5. The Morgan fingerprint density at radius 2 is 2.08 bits per heavy atom. The lowest BCUT2D eigenvalue weighted by atomic mass is 9.92. The minimum absolute atomic E-state index is 0.149. The van der Waals surface area contributed by atoms with Crippen LogP contribution in [0.2, 0.25) is 0 Å². The molecule has 126 valence electrons. The monoisotopic (exact) mass is 327 g/mol. The Labute approximate surface area is 141 Å². The van der Waals surface area contributed by atoms with Crippen LogP contribution in [0.5, 0.6) is 0 Å². The van der Waals surface area contributed by atoms with Crippen molar-refractivity contribution in [2.75, 3.05) is 26.2 Å². The first-order valence-corrected chi connectivity index (χ1v) is 8.82. The summed E-state index contributed by atoms with van der Waals surface area (Å²) >= 11 is 0. The number of carbonyl (C=O) groups is 1. The number of fused-ring (bicyclic) bond motifs is 1. The Balaban J connectivity index is 2.04. The summed E-state index contributed by atoms with van der Waals surface area (Å²) in [4.78, 5) is 25.7. The van der Waals surface area contributed by atoms with E-state index in [0.29, 0.717) is 12.0 Å². The number of carbonyl (C=O) groups excluding carboxylic acids is 1. The highest BCUT2D eigenvalue weighted by molar-refractivity contribution is 5.92. The molecule has 0 amide bonds. The maximum Gasteiger partial charge on any atom is 0.344 e. The second-order valence-corrected chi connectivity index (χ2v) is 6.79. The first kappa shape index (κ1) is 15.4. The third kappa shape index (κ3) is 2.04. The van der Waals surface area contributed by atoms with Gasteiger partial charge in [0.25, 0.3) is 0 Å². The van der Waals surface area contributed by atoms with Crippen LogP contribution in [0.1, 0.15) is 47.9 Å². The smallest absolute Gasteiger partial charge is 0.344 e. The second-order valence-electron chi connectivity index (χ2n) is 6.79. The van der Waals surface area contributed by atoms with E-state index in [-0.39, 0.29) is 23.6 Å². The number of hydrogen-bond donors (Lipinski definition) is 0. The van der Waals surface area contributed by atoms with Crippen LogP contribution in [-0.2, 0) is 11.2 Å². The first-order valence-electron chi connectivity index (χ1n) is 8.82. The number of esters is 1. The van der Waals surface area contributed by atoms with Crippen molar-refractivity contribution < 1.29 is 14.0 Å². The number of aryl methyl sites for hydroxylation is 1. The Morgan fingerprint density at radius 3 is 2.67 bits per heavy atom. The summed E-state index contributed by atoms with van der Waals surface area (Å²) in [7, 11) is 0. The van der Waals surface area contributed by atoms with Crippen molar-refractivity contribution in [1.82, 2.24) is 4.40 Å². The Bertz CT molecular complexity index is 880. The van der Waals surface area contributed by atoms with E-state index in [4.69, 9.17) is 4.74 Å². The second kappa shape index (κ2) is 5.45. The van der Waals surface area contributed by atoms with Crippen molar-refractivity contribution in [2.45, 2.75) is 32.7 Å². The minimum Gasteiger partial charge on any atom is -0.462 e. The van der Waals surface area contributed by atoms with Gasteiger partial charge in [0.15, 0.2) is 5.43 Å². The summed E-state index contributed by atoms with van der Waals surface area (Å²) in [6.45, 7) is 7.45. The molecule has 1 atom stereocenters. The predicted molar refractivity (Wildman–Crippen MR) is 91.2 cm³/mol. The zero-order chi connectivity index (χ0) is 16.9. The van der Waals surface area contributed by atoms with Gasteiger partial charge in [-0.1, -0.05) is 13.0 Å². The SMILES string of the molecule is CCOC(=O)c1c(C2CC[N+]23CC3)n2ccccc2c(CC)c1=O. The van der Waals surface area contributed by atoms with E-state index in [2.05, 4.69) is 4.40 Å². The fraction of sp³-hybridized carbons (Fsp3) is 0.474. The third-order valence-electron chi connectivity index (χ3n) is 5.64. The fourth-order valence-corrected chi connectivity index (χ4v) is 4.16. The third-order valence-corrected chi connectivity index (χ3v) is 5.64. The zero-order valence-corrected chi connectivity index (χ0v) is 14.2. The molecule has 2 fully saturated rings. The molecule has 4 heterocycles. The summed E-state index contributed by atoms with van der Waals surface area (Å²) in [6, 6.07) is 6.12. The summed E-state index contributed by atoms with van der Waals surface area (Å²) in [5, 5.41) is 0. The van der Waals surface area contributed by atoms with Crippen molar-refractivity contribution in [3.63, 3.8) is 0 Å². The van der Waals surface area contributed by atoms with Crippen molar-refractivity contribution in [2.24, 2.45) is 0 Å². The lowest BCUT2D eigenvalue weighted by Gasteiger charge is -2.39. The van der Waals surface area contributed by atoms with Gasteiger partial charge in [0.2, 0.25) is 0 Å². The molecule has 2 saturated heterocycles. The van der Waals surface area contributed by atoms with Crippen molar-refractivity contribution in [3.8, 4) is 0 Å². The van der Waals surface area contributed by atoms with E-state index in [9.17, 15) is 9.59 Å². The van der Waals surface area contributed by atoms with Crippen LogP contribution < -0.4 is 5.43 Å². The van der Waals surface area contributed by atoms with E-state index in [1.54, 1.807) is 6.92 Å². The van der Waals surface area contributed by atoms with Gasteiger partial charge in [0, 0.05) is 11.8 Å². The minimum atomic E-state index is -0.475. The first-order chi connectivity index (χ1) is 11.6. The molecule has 1 unspecified atom stereocenters. The molecule has 2 aromatic heterocycles. The number of ether oxygens (including phenoxy) is 1. The molecule has 2 aromatic rings. The molecule has 4 rings (SSSR count). The van der Waals surface area contributed by atoms with Crippen molar-refractivity contribution >= 4 is 11.5 Å². The maximum atomic E-state index is 13.1. The highest BCUT2D eigenvalue weighted by Gasteiger charge is 2.58. The zero-order valence-electron chi connectivity index (χ0n) is 14.2. The molecular weight excluding hydrogens is 304 g/mol. The van der Waals surface area contributed by atoms with Gasteiger partial charge in [0.1, 0.15) is 24.7 Å². The molecule has 1 spiro atoms. The van der Waals surface area contributed by atoms with Gasteiger partial charge in [0.05, 0.1) is 30.8 Å². The summed E-state index contributed by atoms with van der Waals surface area (Å²) < 4.78 is 8.33. The molecule has 0 bridgehead atoms. The molecule has 0 N–H and O–H groups in total. The average Bonchev–Trinajstić information content (AvgIpc) is 3.37. The van der Waals surface area contributed by atoms with Gasteiger partial charge >= 0.3 is 5.97 Å². The fourth-order valence-electron chi connectivity index (χ4n) is 4.16. The largest absolute Gasteiger partial charge is 0.462 e. The Kier molecular flexibility index (Phi) is 3.49. The molecule has 2 aliphatic heterocycles.